The molecule has 0 unspecified atom stereocenters. The first-order valence-corrected chi connectivity index (χ1v) is 10.4. The fourth-order valence-electron chi connectivity index (χ4n) is 2.94. The Morgan fingerprint density at radius 3 is 2.57 bits per heavy atom. The van der Waals surface area contributed by atoms with Crippen LogP contribution in [0.25, 0.3) is 0 Å². The Labute approximate surface area is 177 Å². The molecule has 30 heavy (non-hydrogen) atoms. The van der Waals surface area contributed by atoms with Gasteiger partial charge in [0, 0.05) is 37.4 Å². The first-order chi connectivity index (χ1) is 14.2. The van der Waals surface area contributed by atoms with Gasteiger partial charge in [0.1, 0.15) is 13.2 Å². The predicted molar refractivity (Wildman–Crippen MR) is 111 cm³/mol. The van der Waals surface area contributed by atoms with Crippen molar-refractivity contribution >= 4 is 17.3 Å². The average molecular weight is 443 g/mol. The number of aromatic nitrogens is 1. The van der Waals surface area contributed by atoms with Gasteiger partial charge in [-0.15, -0.1) is 11.3 Å². The molecule has 1 aliphatic rings. The topological polar surface area (TPSA) is 67.8 Å². The summed E-state index contributed by atoms with van der Waals surface area (Å²) in [6.45, 7) is 6.32. The molecule has 0 spiro atoms. The van der Waals surface area contributed by atoms with Crippen LogP contribution in [0, 0.1) is 0 Å². The Kier molecular flexibility index (Phi) is 6.74. The Morgan fingerprint density at radius 1 is 1.17 bits per heavy atom. The summed E-state index contributed by atoms with van der Waals surface area (Å²) in [5.41, 5.74) is 0.0352. The Balaban J connectivity index is 1.51. The minimum atomic E-state index is -4.40. The molecule has 10 heteroatoms. The number of nitrogens with one attached hydrogen (secondary N) is 2. The minimum absolute atomic E-state index is 0.218. The molecule has 0 fully saturated rings. The second-order valence-corrected chi connectivity index (χ2v) is 8.41. The third-order valence-corrected chi connectivity index (χ3v) is 5.63. The lowest BCUT2D eigenvalue weighted by molar-refractivity contribution is -0.140. The minimum Gasteiger partial charge on any atom is -0.486 e. The second-order valence-electron chi connectivity index (χ2n) is 7.47. The van der Waals surface area contributed by atoms with E-state index in [4.69, 9.17) is 9.47 Å². The molecule has 0 saturated carbocycles. The van der Waals surface area contributed by atoms with E-state index in [0.717, 1.165) is 33.8 Å². The number of nitrogens with zero attached hydrogens (tertiary/aromatic N) is 2. The van der Waals surface area contributed by atoms with E-state index in [1.807, 2.05) is 18.2 Å². The van der Waals surface area contributed by atoms with Gasteiger partial charge in [0.15, 0.2) is 23.2 Å². The van der Waals surface area contributed by atoms with E-state index in [2.05, 4.69) is 34.5 Å². The van der Waals surface area contributed by atoms with E-state index in [1.54, 1.807) is 7.05 Å². The van der Waals surface area contributed by atoms with Crippen LogP contribution in [0.3, 0.4) is 0 Å². The predicted octanol–water partition coefficient (Wildman–Crippen LogP) is 3.62. The highest BCUT2D eigenvalue weighted by atomic mass is 32.1. The first kappa shape index (κ1) is 22.2. The van der Waals surface area contributed by atoms with Gasteiger partial charge in [-0.25, -0.2) is 4.98 Å². The number of benzene rings is 1. The Bertz CT molecular complexity index is 896. The van der Waals surface area contributed by atoms with Crippen LogP contribution in [0.5, 0.6) is 11.5 Å². The van der Waals surface area contributed by atoms with Crippen molar-refractivity contribution in [1.82, 2.24) is 15.6 Å². The van der Waals surface area contributed by atoms with Crippen molar-refractivity contribution in [2.75, 3.05) is 33.4 Å². The zero-order chi connectivity index (χ0) is 21.8. The summed E-state index contributed by atoms with van der Waals surface area (Å²) in [7, 11) is 1.65. The summed E-state index contributed by atoms with van der Waals surface area (Å²) in [4.78, 5) is 7.82. The lowest BCUT2D eigenvalue weighted by Gasteiger charge is -2.28. The monoisotopic (exact) mass is 442 g/mol. The van der Waals surface area contributed by atoms with Crippen LogP contribution in [0.1, 0.15) is 30.1 Å². The summed E-state index contributed by atoms with van der Waals surface area (Å²) in [5, 5.41) is 7.87. The summed E-state index contributed by atoms with van der Waals surface area (Å²) >= 11 is 1.01. The number of ether oxygens (including phenoxy) is 2. The van der Waals surface area contributed by atoms with Crippen molar-refractivity contribution in [3.05, 3.63) is 39.8 Å². The smallest absolute Gasteiger partial charge is 0.434 e. The number of hydrogen-bond acceptors (Lipinski definition) is 5. The molecule has 2 heterocycles. The molecule has 1 aromatic heterocycles. The molecule has 6 nitrogen and oxygen atoms in total. The number of guanidine groups is 1. The van der Waals surface area contributed by atoms with Crippen molar-refractivity contribution in [1.29, 1.82) is 0 Å². The first-order valence-electron chi connectivity index (χ1n) is 9.55. The highest BCUT2D eigenvalue weighted by Gasteiger charge is 2.33. The summed E-state index contributed by atoms with van der Waals surface area (Å²) < 4.78 is 49.1. The van der Waals surface area contributed by atoms with Gasteiger partial charge in [-0.2, -0.15) is 13.2 Å². The zero-order valence-electron chi connectivity index (χ0n) is 17.1. The van der Waals surface area contributed by atoms with Gasteiger partial charge in [-0.3, -0.25) is 4.99 Å². The molecule has 164 valence electrons. The SMILES string of the molecule is CN=C(NCCc1nc(C(F)(F)F)cs1)NCC(C)(C)c1ccc2c(c1)OCCO2. The molecule has 1 aliphatic heterocycles. The maximum absolute atomic E-state index is 12.6. The fraction of sp³-hybridized carbons (Fsp3) is 0.500. The number of rotatable bonds is 6. The van der Waals surface area contributed by atoms with E-state index in [-0.39, 0.29) is 5.41 Å². The van der Waals surface area contributed by atoms with Crippen LogP contribution in [-0.4, -0.2) is 44.3 Å². The normalized spacial score (nSPS) is 14.5. The van der Waals surface area contributed by atoms with Crippen molar-refractivity contribution in [2.45, 2.75) is 31.9 Å². The van der Waals surface area contributed by atoms with Gasteiger partial charge in [0.25, 0.3) is 0 Å². The number of halogens is 3. The van der Waals surface area contributed by atoms with Gasteiger partial charge in [-0.1, -0.05) is 19.9 Å². The van der Waals surface area contributed by atoms with Crippen molar-refractivity contribution in [2.24, 2.45) is 4.99 Å². The second kappa shape index (κ2) is 9.11. The molecule has 0 atom stereocenters. The van der Waals surface area contributed by atoms with E-state index < -0.39 is 11.9 Å². The number of thiazole rings is 1. The molecule has 3 rings (SSSR count). The third kappa shape index (κ3) is 5.56. The van der Waals surface area contributed by atoms with Crippen molar-refractivity contribution in [3.8, 4) is 11.5 Å². The molecular weight excluding hydrogens is 417 g/mol. The van der Waals surface area contributed by atoms with Gasteiger partial charge < -0.3 is 20.1 Å². The molecule has 0 aliphatic carbocycles. The highest BCUT2D eigenvalue weighted by molar-refractivity contribution is 7.09. The molecule has 2 N–H and O–H groups in total. The van der Waals surface area contributed by atoms with Crippen LogP contribution in [-0.2, 0) is 18.0 Å². The lowest BCUT2D eigenvalue weighted by Crippen LogP contribution is -2.44. The quantitative estimate of drug-likeness (QED) is 0.528. The average Bonchev–Trinajstić information content (AvgIpc) is 3.19. The van der Waals surface area contributed by atoms with E-state index in [9.17, 15) is 13.2 Å². The van der Waals surface area contributed by atoms with E-state index in [1.165, 1.54) is 0 Å². The standard InChI is InChI=1S/C20H25F3N4O2S/c1-19(2,13-4-5-14-15(10-13)29-9-8-28-14)12-26-18(24-3)25-7-6-17-27-16(11-30-17)20(21,22)23/h4-5,10-11H,6-9,12H2,1-3H3,(H2,24,25,26). The van der Waals surface area contributed by atoms with Gasteiger partial charge >= 0.3 is 6.18 Å². The summed E-state index contributed by atoms with van der Waals surface area (Å²) in [6.07, 6.45) is -4.02. The van der Waals surface area contributed by atoms with Crippen LogP contribution in [0.2, 0.25) is 0 Å². The maximum atomic E-state index is 12.6. The largest absolute Gasteiger partial charge is 0.486 e. The molecule has 2 aromatic rings. The van der Waals surface area contributed by atoms with Crippen molar-refractivity contribution < 1.29 is 22.6 Å². The Hall–Kier alpha value is -2.49. The van der Waals surface area contributed by atoms with Crippen LogP contribution in [0.4, 0.5) is 13.2 Å². The molecule has 0 amide bonds. The van der Waals surface area contributed by atoms with Crippen LogP contribution >= 0.6 is 11.3 Å². The van der Waals surface area contributed by atoms with Gasteiger partial charge in [0.05, 0.1) is 5.01 Å². The molecule has 1 aromatic carbocycles. The number of alkyl halides is 3. The molecular formula is C20H25F3N4O2S. The lowest BCUT2D eigenvalue weighted by atomic mass is 9.84. The van der Waals surface area contributed by atoms with E-state index in [0.29, 0.717) is 43.7 Å². The maximum Gasteiger partial charge on any atom is 0.434 e. The Morgan fingerprint density at radius 2 is 1.90 bits per heavy atom. The summed E-state index contributed by atoms with van der Waals surface area (Å²) in [6, 6.07) is 5.93. The number of aliphatic imine (C=N–C) groups is 1. The number of fused-ring (bicyclic) bond motifs is 1. The van der Waals surface area contributed by atoms with Gasteiger partial charge in [0.2, 0.25) is 0 Å². The zero-order valence-corrected chi connectivity index (χ0v) is 17.9. The number of hydrogen-bond donors (Lipinski definition) is 2. The van der Waals surface area contributed by atoms with Crippen molar-refractivity contribution in [3.63, 3.8) is 0 Å². The molecule has 0 saturated heterocycles. The highest BCUT2D eigenvalue weighted by Crippen LogP contribution is 2.35. The van der Waals surface area contributed by atoms with E-state index >= 15 is 0 Å². The fourth-order valence-corrected chi connectivity index (χ4v) is 3.74. The molecule has 0 bridgehead atoms. The van der Waals surface area contributed by atoms with Gasteiger partial charge in [-0.05, 0) is 17.7 Å². The molecule has 0 radical (unpaired) electrons. The van der Waals surface area contributed by atoms with Crippen LogP contribution < -0.4 is 20.1 Å². The summed E-state index contributed by atoms with van der Waals surface area (Å²) in [5.74, 6) is 2.08. The van der Waals surface area contributed by atoms with Crippen LogP contribution in [0.15, 0.2) is 28.6 Å². The third-order valence-electron chi connectivity index (χ3n) is 4.72.